The average Bonchev–Trinajstić information content (AvgIpc) is 3.07. The number of likely N-dealkylation sites (tertiary alicyclic amines) is 1. The van der Waals surface area contributed by atoms with E-state index in [1.165, 1.54) is 25.7 Å². The SMILES string of the molecule is O=C1NCCN1c1cccc(C(=O)N2CCC[C@@H]3CCCC[C@H]32)c1. The van der Waals surface area contributed by atoms with E-state index < -0.39 is 0 Å². The van der Waals surface area contributed by atoms with Crippen LogP contribution in [0.1, 0.15) is 48.9 Å². The molecule has 0 spiro atoms. The minimum atomic E-state index is -0.0788. The number of carbonyl (C=O) groups excluding carboxylic acids is 2. The van der Waals surface area contributed by atoms with Gasteiger partial charge in [0.1, 0.15) is 0 Å². The first kappa shape index (κ1) is 15.5. The van der Waals surface area contributed by atoms with Crippen molar-refractivity contribution >= 4 is 17.6 Å². The van der Waals surface area contributed by atoms with Crippen LogP contribution in [0.5, 0.6) is 0 Å². The minimum absolute atomic E-state index is 0.0788. The molecular weight excluding hydrogens is 302 g/mol. The largest absolute Gasteiger partial charge is 0.336 e. The maximum Gasteiger partial charge on any atom is 0.321 e. The molecular formula is C19H25N3O2. The maximum atomic E-state index is 13.1. The molecule has 1 saturated carbocycles. The zero-order chi connectivity index (χ0) is 16.5. The van der Waals surface area contributed by atoms with E-state index in [1.54, 1.807) is 4.90 Å². The lowest BCUT2D eigenvalue weighted by atomic mass is 9.78. The van der Waals surface area contributed by atoms with Gasteiger partial charge < -0.3 is 10.2 Å². The quantitative estimate of drug-likeness (QED) is 0.908. The van der Waals surface area contributed by atoms with Crippen molar-refractivity contribution in [2.45, 2.75) is 44.6 Å². The molecule has 2 heterocycles. The molecule has 1 aromatic carbocycles. The lowest BCUT2D eigenvalue weighted by molar-refractivity contribution is 0.0390. The summed E-state index contributed by atoms with van der Waals surface area (Å²) in [5.74, 6) is 0.817. The van der Waals surface area contributed by atoms with Gasteiger partial charge >= 0.3 is 6.03 Å². The van der Waals surface area contributed by atoms with Crippen LogP contribution in [0.3, 0.4) is 0 Å². The van der Waals surface area contributed by atoms with E-state index in [2.05, 4.69) is 10.2 Å². The van der Waals surface area contributed by atoms with E-state index in [0.29, 0.717) is 30.6 Å². The summed E-state index contributed by atoms with van der Waals surface area (Å²) in [6, 6.07) is 7.88. The molecule has 0 radical (unpaired) electrons. The molecule has 2 atom stereocenters. The number of hydrogen-bond donors (Lipinski definition) is 1. The van der Waals surface area contributed by atoms with Crippen molar-refractivity contribution in [1.82, 2.24) is 10.2 Å². The Morgan fingerprint density at radius 3 is 2.75 bits per heavy atom. The van der Waals surface area contributed by atoms with Gasteiger partial charge in [-0.25, -0.2) is 4.79 Å². The molecule has 0 unspecified atom stereocenters. The Bertz CT molecular complexity index is 643. The standard InChI is InChI=1S/C19H25N3O2/c23-18(22-11-4-7-14-5-1-2-9-17(14)22)15-6-3-8-16(13-15)21-12-10-20-19(21)24/h3,6,8,13-14,17H,1-2,4-5,7,9-12H2,(H,20,24)/t14-,17+/m0/s1. The van der Waals surface area contributed by atoms with E-state index in [0.717, 1.165) is 25.1 Å². The first-order chi connectivity index (χ1) is 11.7. The van der Waals surface area contributed by atoms with Crippen LogP contribution < -0.4 is 10.2 Å². The Labute approximate surface area is 143 Å². The number of rotatable bonds is 2. The highest BCUT2D eigenvalue weighted by atomic mass is 16.2. The summed E-state index contributed by atoms with van der Waals surface area (Å²) in [7, 11) is 0. The van der Waals surface area contributed by atoms with Crippen LogP contribution in [0.4, 0.5) is 10.5 Å². The molecule has 3 fully saturated rings. The van der Waals surface area contributed by atoms with Crippen molar-refractivity contribution in [1.29, 1.82) is 0 Å². The third-order valence-corrected chi connectivity index (χ3v) is 5.77. The molecule has 4 rings (SSSR count). The molecule has 2 saturated heterocycles. The molecule has 2 aliphatic heterocycles. The Morgan fingerprint density at radius 1 is 1.08 bits per heavy atom. The lowest BCUT2D eigenvalue weighted by Crippen LogP contribution is -2.49. The number of anilines is 1. The zero-order valence-corrected chi connectivity index (χ0v) is 14.0. The van der Waals surface area contributed by atoms with Gasteiger partial charge in [-0.3, -0.25) is 9.69 Å². The normalized spacial score (nSPS) is 26.9. The van der Waals surface area contributed by atoms with Gasteiger partial charge in [0.05, 0.1) is 0 Å². The molecule has 3 aliphatic rings. The summed E-state index contributed by atoms with van der Waals surface area (Å²) >= 11 is 0. The van der Waals surface area contributed by atoms with Gasteiger partial charge in [-0.1, -0.05) is 18.9 Å². The number of benzene rings is 1. The maximum absolute atomic E-state index is 13.1. The Hall–Kier alpha value is -2.04. The highest BCUT2D eigenvalue weighted by molar-refractivity contribution is 5.98. The fraction of sp³-hybridized carbons (Fsp3) is 0.579. The Balaban J connectivity index is 1.56. The summed E-state index contributed by atoms with van der Waals surface area (Å²) in [6.45, 7) is 2.19. The topological polar surface area (TPSA) is 52.7 Å². The fourth-order valence-electron chi connectivity index (χ4n) is 4.57. The van der Waals surface area contributed by atoms with E-state index in [1.807, 2.05) is 24.3 Å². The Kier molecular flexibility index (Phi) is 4.17. The molecule has 128 valence electrons. The number of urea groups is 1. The molecule has 24 heavy (non-hydrogen) atoms. The first-order valence-electron chi connectivity index (χ1n) is 9.20. The summed E-state index contributed by atoms with van der Waals surface area (Å²) in [4.78, 5) is 28.8. The van der Waals surface area contributed by atoms with Gasteiger partial charge in [0, 0.05) is 36.9 Å². The van der Waals surface area contributed by atoms with Gasteiger partial charge in [-0.15, -0.1) is 0 Å². The van der Waals surface area contributed by atoms with Crippen molar-refractivity contribution < 1.29 is 9.59 Å². The summed E-state index contributed by atoms with van der Waals surface area (Å²) in [5.41, 5.74) is 1.52. The summed E-state index contributed by atoms with van der Waals surface area (Å²) in [5, 5.41) is 2.81. The highest BCUT2D eigenvalue weighted by Gasteiger charge is 2.36. The van der Waals surface area contributed by atoms with Crippen molar-refractivity contribution in [2.75, 3.05) is 24.5 Å². The molecule has 3 amide bonds. The molecule has 0 bridgehead atoms. The van der Waals surface area contributed by atoms with Crippen molar-refractivity contribution in [3.8, 4) is 0 Å². The van der Waals surface area contributed by atoms with E-state index in [4.69, 9.17) is 0 Å². The fourth-order valence-corrected chi connectivity index (χ4v) is 4.57. The smallest absolute Gasteiger partial charge is 0.321 e. The van der Waals surface area contributed by atoms with Crippen molar-refractivity contribution in [2.24, 2.45) is 5.92 Å². The monoisotopic (exact) mass is 327 g/mol. The number of piperidine rings is 1. The predicted molar refractivity (Wildman–Crippen MR) is 93.2 cm³/mol. The minimum Gasteiger partial charge on any atom is -0.336 e. The van der Waals surface area contributed by atoms with Crippen LogP contribution in [0.2, 0.25) is 0 Å². The van der Waals surface area contributed by atoms with Gasteiger partial charge in [-0.2, -0.15) is 0 Å². The van der Waals surface area contributed by atoms with Crippen LogP contribution in [0.15, 0.2) is 24.3 Å². The number of hydrogen-bond acceptors (Lipinski definition) is 2. The third kappa shape index (κ3) is 2.76. The molecule has 1 N–H and O–H groups in total. The van der Waals surface area contributed by atoms with Crippen LogP contribution in [0.25, 0.3) is 0 Å². The predicted octanol–water partition coefficient (Wildman–Crippen LogP) is 3.01. The highest BCUT2D eigenvalue weighted by Crippen LogP contribution is 2.36. The summed E-state index contributed by atoms with van der Waals surface area (Å²) in [6.07, 6.45) is 7.33. The molecule has 1 aliphatic carbocycles. The van der Waals surface area contributed by atoms with Crippen LogP contribution in [-0.4, -0.2) is 42.5 Å². The summed E-state index contributed by atoms with van der Waals surface area (Å²) < 4.78 is 0. The Morgan fingerprint density at radius 2 is 1.92 bits per heavy atom. The van der Waals surface area contributed by atoms with E-state index >= 15 is 0 Å². The molecule has 1 aromatic rings. The third-order valence-electron chi connectivity index (χ3n) is 5.77. The number of nitrogens with one attached hydrogen (secondary N) is 1. The van der Waals surface area contributed by atoms with Crippen LogP contribution in [0, 0.1) is 5.92 Å². The second-order valence-corrected chi connectivity index (χ2v) is 7.19. The molecule has 0 aromatic heterocycles. The van der Waals surface area contributed by atoms with E-state index in [-0.39, 0.29) is 11.9 Å². The van der Waals surface area contributed by atoms with Gasteiger partial charge in [-0.05, 0) is 49.8 Å². The van der Waals surface area contributed by atoms with Crippen LogP contribution in [-0.2, 0) is 0 Å². The molecule has 5 heteroatoms. The van der Waals surface area contributed by atoms with Crippen molar-refractivity contribution in [3.05, 3.63) is 29.8 Å². The number of carbonyl (C=O) groups is 2. The molecule has 5 nitrogen and oxygen atoms in total. The van der Waals surface area contributed by atoms with E-state index in [9.17, 15) is 9.59 Å². The number of nitrogens with zero attached hydrogens (tertiary/aromatic N) is 2. The zero-order valence-electron chi connectivity index (χ0n) is 14.0. The second kappa shape index (κ2) is 6.46. The van der Waals surface area contributed by atoms with Crippen molar-refractivity contribution in [3.63, 3.8) is 0 Å². The average molecular weight is 327 g/mol. The van der Waals surface area contributed by atoms with Crippen LogP contribution >= 0.6 is 0 Å². The van der Waals surface area contributed by atoms with Gasteiger partial charge in [0.25, 0.3) is 5.91 Å². The van der Waals surface area contributed by atoms with Gasteiger partial charge in [0.15, 0.2) is 0 Å². The van der Waals surface area contributed by atoms with Gasteiger partial charge in [0.2, 0.25) is 0 Å². The number of amides is 3. The first-order valence-corrected chi connectivity index (χ1v) is 9.20. The number of fused-ring (bicyclic) bond motifs is 1. The second-order valence-electron chi connectivity index (χ2n) is 7.19. The lowest BCUT2D eigenvalue weighted by Gasteiger charge is -2.44.